The molecule has 18 heavy (non-hydrogen) atoms. The summed E-state index contributed by atoms with van der Waals surface area (Å²) in [5.74, 6) is 0. The molecule has 1 aliphatic carbocycles. The molecular weight excluding hydrogens is 228 g/mol. The number of hydrogen-bond acceptors (Lipinski definition) is 3. The molecule has 1 spiro atoms. The SMILES string of the molecule is O=C1OCCCN1C1CCNC2(CCCCC2)C1. The van der Waals surface area contributed by atoms with Crippen molar-refractivity contribution in [3.8, 4) is 0 Å². The number of rotatable bonds is 1. The van der Waals surface area contributed by atoms with Gasteiger partial charge in [0.15, 0.2) is 0 Å². The maximum absolute atomic E-state index is 11.8. The number of cyclic esters (lactones) is 1. The Morgan fingerprint density at radius 3 is 2.83 bits per heavy atom. The molecule has 1 saturated carbocycles. The average Bonchev–Trinajstić information content (AvgIpc) is 2.40. The Morgan fingerprint density at radius 1 is 1.22 bits per heavy atom. The highest BCUT2D eigenvalue weighted by Gasteiger charge is 2.40. The van der Waals surface area contributed by atoms with E-state index >= 15 is 0 Å². The van der Waals surface area contributed by atoms with Crippen molar-refractivity contribution in [2.24, 2.45) is 0 Å². The van der Waals surface area contributed by atoms with E-state index in [1.807, 2.05) is 4.90 Å². The summed E-state index contributed by atoms with van der Waals surface area (Å²) in [4.78, 5) is 13.8. The van der Waals surface area contributed by atoms with E-state index in [4.69, 9.17) is 4.74 Å². The first-order valence-corrected chi connectivity index (χ1v) is 7.48. The minimum Gasteiger partial charge on any atom is -0.449 e. The van der Waals surface area contributed by atoms with Crippen molar-refractivity contribution in [3.63, 3.8) is 0 Å². The number of carbonyl (C=O) groups is 1. The first-order chi connectivity index (χ1) is 8.79. The lowest BCUT2D eigenvalue weighted by Gasteiger charge is -2.47. The molecule has 0 aromatic heterocycles. The largest absolute Gasteiger partial charge is 0.449 e. The summed E-state index contributed by atoms with van der Waals surface area (Å²) in [5.41, 5.74) is 0.318. The molecule has 1 amide bonds. The van der Waals surface area contributed by atoms with Gasteiger partial charge in [-0.05, 0) is 38.6 Å². The van der Waals surface area contributed by atoms with Crippen molar-refractivity contribution < 1.29 is 9.53 Å². The summed E-state index contributed by atoms with van der Waals surface area (Å²) in [6.45, 7) is 2.54. The predicted molar refractivity (Wildman–Crippen MR) is 69.5 cm³/mol. The Kier molecular flexibility index (Phi) is 3.46. The summed E-state index contributed by atoms with van der Waals surface area (Å²) < 4.78 is 5.19. The summed E-state index contributed by atoms with van der Waals surface area (Å²) in [5, 5.41) is 3.74. The van der Waals surface area contributed by atoms with Crippen LogP contribution in [0, 0.1) is 0 Å². The third-order valence-electron chi connectivity index (χ3n) is 4.86. The van der Waals surface area contributed by atoms with Crippen LogP contribution in [0.15, 0.2) is 0 Å². The van der Waals surface area contributed by atoms with Crippen LogP contribution in [0.25, 0.3) is 0 Å². The topological polar surface area (TPSA) is 41.6 Å². The summed E-state index contributed by atoms with van der Waals surface area (Å²) in [6, 6.07) is 0.400. The fourth-order valence-corrected chi connectivity index (χ4v) is 3.90. The molecule has 0 bridgehead atoms. The van der Waals surface area contributed by atoms with Crippen LogP contribution in [-0.4, -0.2) is 42.3 Å². The quantitative estimate of drug-likeness (QED) is 0.778. The van der Waals surface area contributed by atoms with E-state index in [2.05, 4.69) is 5.32 Å². The average molecular weight is 252 g/mol. The highest BCUT2D eigenvalue weighted by molar-refractivity contribution is 5.68. The maximum Gasteiger partial charge on any atom is 0.410 e. The van der Waals surface area contributed by atoms with E-state index in [0.29, 0.717) is 18.2 Å². The Balaban J connectivity index is 1.67. The van der Waals surface area contributed by atoms with E-state index < -0.39 is 0 Å². The fourth-order valence-electron chi connectivity index (χ4n) is 3.90. The van der Waals surface area contributed by atoms with Crippen molar-refractivity contribution in [1.29, 1.82) is 0 Å². The Morgan fingerprint density at radius 2 is 2.06 bits per heavy atom. The summed E-state index contributed by atoms with van der Waals surface area (Å²) >= 11 is 0. The zero-order valence-corrected chi connectivity index (χ0v) is 11.1. The molecule has 2 heterocycles. The van der Waals surface area contributed by atoms with Crippen LogP contribution in [-0.2, 0) is 4.74 Å². The number of ether oxygens (including phenoxy) is 1. The van der Waals surface area contributed by atoms with Crippen molar-refractivity contribution in [3.05, 3.63) is 0 Å². The summed E-state index contributed by atoms with van der Waals surface area (Å²) in [6.07, 6.45) is 9.73. The summed E-state index contributed by atoms with van der Waals surface area (Å²) in [7, 11) is 0. The number of nitrogens with zero attached hydrogens (tertiary/aromatic N) is 1. The van der Waals surface area contributed by atoms with Crippen molar-refractivity contribution in [1.82, 2.24) is 10.2 Å². The van der Waals surface area contributed by atoms with Crippen LogP contribution in [0.1, 0.15) is 51.4 Å². The van der Waals surface area contributed by atoms with Gasteiger partial charge in [0.2, 0.25) is 0 Å². The van der Waals surface area contributed by atoms with Crippen LogP contribution in [0.4, 0.5) is 4.79 Å². The Hall–Kier alpha value is -0.770. The normalized spacial score (nSPS) is 32.3. The van der Waals surface area contributed by atoms with Gasteiger partial charge < -0.3 is 15.0 Å². The molecule has 3 aliphatic rings. The monoisotopic (exact) mass is 252 g/mol. The van der Waals surface area contributed by atoms with Crippen LogP contribution in [0.2, 0.25) is 0 Å². The van der Waals surface area contributed by atoms with Gasteiger partial charge in [0.05, 0.1) is 6.61 Å². The van der Waals surface area contributed by atoms with Gasteiger partial charge in [-0.15, -0.1) is 0 Å². The molecule has 0 radical (unpaired) electrons. The van der Waals surface area contributed by atoms with Gasteiger partial charge in [-0.3, -0.25) is 0 Å². The van der Waals surface area contributed by atoms with Gasteiger partial charge in [0.25, 0.3) is 0 Å². The highest BCUT2D eigenvalue weighted by atomic mass is 16.6. The molecule has 0 aromatic rings. The number of hydrogen-bond donors (Lipinski definition) is 1. The molecule has 4 heteroatoms. The van der Waals surface area contributed by atoms with E-state index in [1.165, 1.54) is 32.1 Å². The highest BCUT2D eigenvalue weighted by Crippen LogP contribution is 2.36. The zero-order valence-electron chi connectivity index (χ0n) is 11.1. The second-order valence-corrected chi connectivity index (χ2v) is 6.08. The lowest BCUT2D eigenvalue weighted by atomic mass is 9.74. The van der Waals surface area contributed by atoms with Gasteiger partial charge in [-0.1, -0.05) is 19.3 Å². The van der Waals surface area contributed by atoms with Crippen molar-refractivity contribution in [2.45, 2.75) is 62.9 Å². The molecule has 102 valence electrons. The minimum absolute atomic E-state index is 0.0842. The standard InChI is InChI=1S/C14H24N2O2/c17-13-16(9-4-10-18-13)12-5-8-15-14(11-12)6-2-1-3-7-14/h12,15H,1-11H2. The Bertz CT molecular complexity index is 307. The first kappa shape index (κ1) is 12.3. The second-order valence-electron chi connectivity index (χ2n) is 6.08. The van der Waals surface area contributed by atoms with Crippen LogP contribution in [0.5, 0.6) is 0 Å². The first-order valence-electron chi connectivity index (χ1n) is 7.48. The smallest absolute Gasteiger partial charge is 0.410 e. The third kappa shape index (κ3) is 2.35. The molecule has 3 fully saturated rings. The molecule has 1 N–H and O–H groups in total. The molecule has 1 atom stereocenters. The number of amides is 1. The fraction of sp³-hybridized carbons (Fsp3) is 0.929. The van der Waals surface area contributed by atoms with E-state index in [-0.39, 0.29) is 6.09 Å². The maximum atomic E-state index is 11.8. The van der Waals surface area contributed by atoms with E-state index in [1.54, 1.807) is 0 Å². The van der Waals surface area contributed by atoms with Gasteiger partial charge in [0, 0.05) is 18.1 Å². The number of nitrogens with one attached hydrogen (secondary N) is 1. The van der Waals surface area contributed by atoms with Crippen molar-refractivity contribution >= 4 is 6.09 Å². The lowest BCUT2D eigenvalue weighted by Crippen LogP contribution is -2.58. The second kappa shape index (κ2) is 5.08. The molecule has 0 aromatic carbocycles. The Labute approximate surface area is 109 Å². The molecular formula is C14H24N2O2. The molecule has 2 aliphatic heterocycles. The molecule has 3 rings (SSSR count). The van der Waals surface area contributed by atoms with E-state index in [9.17, 15) is 4.79 Å². The predicted octanol–water partition coefficient (Wildman–Crippen LogP) is 2.28. The number of piperidine rings is 1. The molecule has 4 nitrogen and oxygen atoms in total. The van der Waals surface area contributed by atoms with Crippen LogP contribution in [0.3, 0.4) is 0 Å². The van der Waals surface area contributed by atoms with Crippen LogP contribution >= 0.6 is 0 Å². The van der Waals surface area contributed by atoms with Gasteiger partial charge in [-0.2, -0.15) is 0 Å². The van der Waals surface area contributed by atoms with Crippen LogP contribution < -0.4 is 5.32 Å². The van der Waals surface area contributed by atoms with Gasteiger partial charge in [-0.25, -0.2) is 4.79 Å². The third-order valence-corrected chi connectivity index (χ3v) is 4.86. The lowest BCUT2D eigenvalue weighted by molar-refractivity contribution is 0.0301. The molecule has 1 unspecified atom stereocenters. The molecule has 2 saturated heterocycles. The minimum atomic E-state index is -0.0842. The number of carbonyl (C=O) groups excluding carboxylic acids is 1. The van der Waals surface area contributed by atoms with Gasteiger partial charge in [0.1, 0.15) is 0 Å². The van der Waals surface area contributed by atoms with Gasteiger partial charge >= 0.3 is 6.09 Å². The van der Waals surface area contributed by atoms with Crippen molar-refractivity contribution in [2.75, 3.05) is 19.7 Å². The van der Waals surface area contributed by atoms with E-state index in [0.717, 1.165) is 32.4 Å². The zero-order chi connectivity index (χ0) is 12.4.